The van der Waals surface area contributed by atoms with E-state index in [4.69, 9.17) is 4.74 Å². The Morgan fingerprint density at radius 1 is 1.31 bits per heavy atom. The molecule has 1 aliphatic rings. The Balaban J connectivity index is 2.33. The molecule has 0 atom stereocenters. The zero-order valence-corrected chi connectivity index (χ0v) is 9.49. The minimum atomic E-state index is -4.35. The molecule has 1 aromatic rings. The molecule has 0 saturated heterocycles. The van der Waals surface area contributed by atoms with Crippen LogP contribution in [0.25, 0.3) is 0 Å². The van der Waals surface area contributed by atoms with Gasteiger partial charge in [0.1, 0.15) is 5.75 Å². The molecular formula is C11H11F3OS. The summed E-state index contributed by atoms with van der Waals surface area (Å²) in [5.41, 5.74) is -0.675. The van der Waals surface area contributed by atoms with Gasteiger partial charge in [-0.25, -0.2) is 0 Å². The Morgan fingerprint density at radius 2 is 2.00 bits per heavy atom. The first-order valence-corrected chi connectivity index (χ1v) is 6.15. The summed E-state index contributed by atoms with van der Waals surface area (Å²) in [6.45, 7) is 0. The van der Waals surface area contributed by atoms with Crippen LogP contribution in [-0.4, -0.2) is 12.4 Å². The van der Waals surface area contributed by atoms with Crippen LogP contribution in [0, 0.1) is 0 Å². The van der Waals surface area contributed by atoms with Gasteiger partial charge in [-0.15, -0.1) is 11.8 Å². The highest BCUT2D eigenvalue weighted by atomic mass is 32.2. The third kappa shape index (κ3) is 2.64. The predicted molar refractivity (Wildman–Crippen MR) is 56.9 cm³/mol. The van der Waals surface area contributed by atoms with Gasteiger partial charge >= 0.3 is 6.18 Å². The van der Waals surface area contributed by atoms with Crippen molar-refractivity contribution in [3.63, 3.8) is 0 Å². The highest BCUT2D eigenvalue weighted by Gasteiger charge is 2.36. The second-order valence-corrected chi connectivity index (χ2v) is 4.56. The lowest BCUT2D eigenvalue weighted by atomic mass is 10.2. The van der Waals surface area contributed by atoms with Gasteiger partial charge in [0.2, 0.25) is 0 Å². The number of hydrogen-bond donors (Lipinski definition) is 0. The number of halogens is 3. The molecule has 16 heavy (non-hydrogen) atoms. The standard InChI is InChI=1S/C11H11F3OS/c1-16-8-4-5-10(15-7-2-3-7)9(6-8)11(12,13)14/h4-7H,2-3H2,1H3. The average Bonchev–Trinajstić information content (AvgIpc) is 3.01. The van der Waals surface area contributed by atoms with Gasteiger partial charge in [-0.1, -0.05) is 0 Å². The van der Waals surface area contributed by atoms with Gasteiger partial charge in [-0.3, -0.25) is 0 Å². The van der Waals surface area contributed by atoms with Gasteiger partial charge in [0.05, 0.1) is 11.7 Å². The normalized spacial score (nSPS) is 16.2. The number of thioether (sulfide) groups is 1. The van der Waals surface area contributed by atoms with Gasteiger partial charge in [0.15, 0.2) is 0 Å². The molecule has 1 aromatic carbocycles. The third-order valence-corrected chi connectivity index (χ3v) is 3.04. The molecule has 0 aliphatic heterocycles. The highest BCUT2D eigenvalue weighted by Crippen LogP contribution is 2.40. The number of alkyl halides is 3. The first-order valence-electron chi connectivity index (χ1n) is 4.92. The van der Waals surface area contributed by atoms with Crippen molar-refractivity contribution in [3.8, 4) is 5.75 Å². The van der Waals surface area contributed by atoms with Crippen molar-refractivity contribution >= 4 is 11.8 Å². The van der Waals surface area contributed by atoms with Crippen LogP contribution in [0.2, 0.25) is 0 Å². The zero-order valence-electron chi connectivity index (χ0n) is 8.67. The fourth-order valence-electron chi connectivity index (χ4n) is 1.33. The van der Waals surface area contributed by atoms with Gasteiger partial charge in [0.25, 0.3) is 0 Å². The minimum absolute atomic E-state index is 0.0266. The maximum atomic E-state index is 12.7. The van der Waals surface area contributed by atoms with E-state index < -0.39 is 11.7 Å². The Hall–Kier alpha value is -0.840. The Morgan fingerprint density at radius 3 is 2.50 bits per heavy atom. The Kier molecular flexibility index (Phi) is 3.06. The molecule has 0 amide bonds. The molecule has 0 aromatic heterocycles. The molecule has 5 heteroatoms. The molecule has 0 unspecified atom stereocenters. The van der Waals surface area contributed by atoms with Crippen LogP contribution in [0.15, 0.2) is 23.1 Å². The van der Waals surface area contributed by atoms with Crippen molar-refractivity contribution in [2.24, 2.45) is 0 Å². The monoisotopic (exact) mass is 248 g/mol. The summed E-state index contributed by atoms with van der Waals surface area (Å²) in [5, 5.41) is 0. The predicted octanol–water partition coefficient (Wildman–Crippen LogP) is 3.97. The minimum Gasteiger partial charge on any atom is -0.490 e. The molecule has 1 fully saturated rings. The SMILES string of the molecule is CSc1ccc(OC2CC2)c(C(F)(F)F)c1. The lowest BCUT2D eigenvalue weighted by Gasteiger charge is -2.14. The quantitative estimate of drug-likeness (QED) is 0.748. The highest BCUT2D eigenvalue weighted by molar-refractivity contribution is 7.98. The molecular weight excluding hydrogens is 237 g/mol. The molecule has 0 bridgehead atoms. The largest absolute Gasteiger partial charge is 0.490 e. The van der Waals surface area contributed by atoms with E-state index in [1.54, 1.807) is 12.3 Å². The summed E-state index contributed by atoms with van der Waals surface area (Å²) in [5.74, 6) is -0.0483. The molecule has 1 saturated carbocycles. The van der Waals surface area contributed by atoms with Gasteiger partial charge in [-0.05, 0) is 37.3 Å². The maximum Gasteiger partial charge on any atom is 0.420 e. The van der Waals surface area contributed by atoms with E-state index in [9.17, 15) is 13.2 Å². The van der Waals surface area contributed by atoms with E-state index in [1.165, 1.54) is 17.8 Å². The van der Waals surface area contributed by atoms with E-state index in [0.717, 1.165) is 18.9 Å². The number of hydrogen-bond acceptors (Lipinski definition) is 2. The van der Waals surface area contributed by atoms with Crippen molar-refractivity contribution in [3.05, 3.63) is 23.8 Å². The smallest absolute Gasteiger partial charge is 0.420 e. The van der Waals surface area contributed by atoms with Gasteiger partial charge in [0, 0.05) is 4.90 Å². The second kappa shape index (κ2) is 4.20. The van der Waals surface area contributed by atoms with Crippen molar-refractivity contribution in [2.75, 3.05) is 6.26 Å². The summed E-state index contributed by atoms with van der Waals surface area (Å²) in [6, 6.07) is 4.20. The van der Waals surface area contributed by atoms with Crippen molar-refractivity contribution < 1.29 is 17.9 Å². The lowest BCUT2D eigenvalue weighted by Crippen LogP contribution is -2.09. The van der Waals surface area contributed by atoms with Crippen LogP contribution in [0.3, 0.4) is 0 Å². The summed E-state index contributed by atoms with van der Waals surface area (Å²) in [4.78, 5) is 0.593. The van der Waals surface area contributed by atoms with E-state index >= 15 is 0 Å². The zero-order chi connectivity index (χ0) is 11.8. The van der Waals surface area contributed by atoms with Crippen molar-refractivity contribution in [1.29, 1.82) is 0 Å². The summed E-state index contributed by atoms with van der Waals surface area (Å²) < 4.78 is 43.5. The molecule has 0 heterocycles. The molecule has 0 N–H and O–H groups in total. The number of benzene rings is 1. The van der Waals surface area contributed by atoms with Crippen LogP contribution in [0.5, 0.6) is 5.75 Å². The second-order valence-electron chi connectivity index (χ2n) is 3.68. The van der Waals surface area contributed by atoms with Crippen LogP contribution in [0.4, 0.5) is 13.2 Å². The molecule has 88 valence electrons. The molecule has 2 rings (SSSR count). The summed E-state index contributed by atoms with van der Waals surface area (Å²) in [7, 11) is 0. The van der Waals surface area contributed by atoms with E-state index in [-0.39, 0.29) is 11.9 Å². The third-order valence-electron chi connectivity index (χ3n) is 2.31. The van der Waals surface area contributed by atoms with Crippen LogP contribution >= 0.6 is 11.8 Å². The number of ether oxygens (including phenoxy) is 1. The topological polar surface area (TPSA) is 9.23 Å². The first-order chi connectivity index (χ1) is 7.50. The summed E-state index contributed by atoms with van der Waals surface area (Å²) in [6.07, 6.45) is -0.933. The number of rotatable bonds is 3. The maximum absolute atomic E-state index is 12.7. The van der Waals surface area contributed by atoms with E-state index in [2.05, 4.69) is 0 Å². The molecule has 1 aliphatic carbocycles. The van der Waals surface area contributed by atoms with Crippen molar-refractivity contribution in [2.45, 2.75) is 30.0 Å². The molecule has 1 nitrogen and oxygen atoms in total. The van der Waals surface area contributed by atoms with Crippen molar-refractivity contribution in [1.82, 2.24) is 0 Å². The molecule has 0 spiro atoms. The lowest BCUT2D eigenvalue weighted by molar-refractivity contribution is -0.139. The fourth-order valence-corrected chi connectivity index (χ4v) is 1.77. The molecule has 0 radical (unpaired) electrons. The van der Waals surface area contributed by atoms with Gasteiger partial charge in [-0.2, -0.15) is 13.2 Å². The first kappa shape index (κ1) is 11.6. The van der Waals surface area contributed by atoms with Crippen LogP contribution < -0.4 is 4.74 Å². The van der Waals surface area contributed by atoms with Crippen LogP contribution in [0.1, 0.15) is 18.4 Å². The van der Waals surface area contributed by atoms with E-state index in [1.807, 2.05) is 0 Å². The van der Waals surface area contributed by atoms with E-state index in [0.29, 0.717) is 4.90 Å². The van der Waals surface area contributed by atoms with Crippen LogP contribution in [-0.2, 0) is 6.18 Å². The summed E-state index contributed by atoms with van der Waals surface area (Å²) >= 11 is 1.29. The Bertz CT molecular complexity index is 385. The van der Waals surface area contributed by atoms with Gasteiger partial charge < -0.3 is 4.74 Å². The fraction of sp³-hybridized carbons (Fsp3) is 0.455. The Labute approximate surface area is 96.0 Å². The average molecular weight is 248 g/mol.